The molecular formula is C25H33NO5. The number of ether oxygens (including phenoxy) is 1. The second-order valence-electron chi connectivity index (χ2n) is 9.44. The van der Waals surface area contributed by atoms with Crippen LogP contribution in [0.25, 0.3) is 0 Å². The highest BCUT2D eigenvalue weighted by Gasteiger charge is 2.30. The van der Waals surface area contributed by atoms with Crippen LogP contribution in [0.5, 0.6) is 0 Å². The highest BCUT2D eigenvalue weighted by Crippen LogP contribution is 2.28. The van der Waals surface area contributed by atoms with Crippen molar-refractivity contribution in [3.05, 3.63) is 46.5 Å². The minimum Gasteiger partial charge on any atom is -0.458 e. The van der Waals surface area contributed by atoms with Crippen LogP contribution in [0.4, 0.5) is 0 Å². The summed E-state index contributed by atoms with van der Waals surface area (Å²) in [6, 6.07) is 6.09. The zero-order valence-corrected chi connectivity index (χ0v) is 19.3. The van der Waals surface area contributed by atoms with E-state index in [0.717, 1.165) is 0 Å². The molecule has 0 saturated heterocycles. The number of hydrogen-bond acceptors (Lipinski definition) is 5. The van der Waals surface area contributed by atoms with E-state index < -0.39 is 17.6 Å². The number of benzene rings is 1. The summed E-state index contributed by atoms with van der Waals surface area (Å²) in [5, 5.41) is 2.77. The van der Waals surface area contributed by atoms with Crippen molar-refractivity contribution >= 4 is 23.4 Å². The molecule has 0 heterocycles. The second-order valence-corrected chi connectivity index (χ2v) is 9.44. The smallest absolute Gasteiger partial charge is 0.329 e. The molecule has 0 aliphatic heterocycles. The Bertz CT molecular complexity index is 905. The van der Waals surface area contributed by atoms with Gasteiger partial charge in [0.1, 0.15) is 11.6 Å². The average Bonchev–Trinajstić information content (AvgIpc) is 2.66. The van der Waals surface area contributed by atoms with Gasteiger partial charge in [0.05, 0.1) is 0 Å². The number of nitrogens with one attached hydrogen (secondary N) is 1. The molecule has 1 aromatic rings. The molecule has 0 unspecified atom stereocenters. The summed E-state index contributed by atoms with van der Waals surface area (Å²) < 4.78 is 5.43. The van der Waals surface area contributed by atoms with Crippen molar-refractivity contribution in [1.82, 2.24) is 5.32 Å². The van der Waals surface area contributed by atoms with Crippen LogP contribution in [-0.4, -0.2) is 35.1 Å². The maximum absolute atomic E-state index is 12.8. The number of Topliss-reactive ketones (excluding diaryl/α,β-unsaturated/α-hetero) is 2. The number of carbonyl (C=O) groups excluding carboxylic acids is 4. The van der Waals surface area contributed by atoms with Crippen molar-refractivity contribution in [2.75, 3.05) is 0 Å². The van der Waals surface area contributed by atoms with Gasteiger partial charge in [-0.25, -0.2) is 4.79 Å². The molecule has 0 spiro atoms. The zero-order chi connectivity index (χ0) is 23.3. The summed E-state index contributed by atoms with van der Waals surface area (Å²) in [4.78, 5) is 50.3. The second kappa shape index (κ2) is 10.0. The molecule has 0 aromatic heterocycles. The van der Waals surface area contributed by atoms with E-state index in [0.29, 0.717) is 41.5 Å². The number of esters is 1. The van der Waals surface area contributed by atoms with Crippen molar-refractivity contribution in [3.63, 3.8) is 0 Å². The molecule has 0 bridgehead atoms. The van der Waals surface area contributed by atoms with Gasteiger partial charge in [0, 0.05) is 28.7 Å². The fourth-order valence-electron chi connectivity index (χ4n) is 3.60. The van der Waals surface area contributed by atoms with Crippen molar-refractivity contribution in [2.24, 2.45) is 5.92 Å². The normalized spacial score (nSPS) is 15.1. The van der Waals surface area contributed by atoms with Gasteiger partial charge >= 0.3 is 5.97 Å². The van der Waals surface area contributed by atoms with Crippen molar-refractivity contribution in [3.8, 4) is 0 Å². The number of ketones is 2. The van der Waals surface area contributed by atoms with Crippen LogP contribution < -0.4 is 5.32 Å². The fourth-order valence-corrected chi connectivity index (χ4v) is 3.60. The molecule has 168 valence electrons. The summed E-state index contributed by atoms with van der Waals surface area (Å²) in [6.07, 6.45) is 1.37. The van der Waals surface area contributed by atoms with E-state index >= 15 is 0 Å². The molecule has 1 amide bonds. The van der Waals surface area contributed by atoms with Gasteiger partial charge in [0.2, 0.25) is 5.91 Å². The summed E-state index contributed by atoms with van der Waals surface area (Å²) in [5.74, 6) is -0.810. The van der Waals surface area contributed by atoms with Crippen LogP contribution in [0.2, 0.25) is 0 Å². The first-order valence-corrected chi connectivity index (χ1v) is 10.8. The Labute approximate surface area is 184 Å². The summed E-state index contributed by atoms with van der Waals surface area (Å²) >= 11 is 0. The van der Waals surface area contributed by atoms with Crippen LogP contribution in [0.15, 0.2) is 35.4 Å². The maximum atomic E-state index is 12.8. The van der Waals surface area contributed by atoms with Crippen molar-refractivity contribution < 1.29 is 23.9 Å². The predicted octanol–water partition coefficient (Wildman–Crippen LogP) is 4.43. The Kier molecular flexibility index (Phi) is 7.93. The third-order valence-corrected chi connectivity index (χ3v) is 5.05. The van der Waals surface area contributed by atoms with Gasteiger partial charge in [-0.1, -0.05) is 38.1 Å². The van der Waals surface area contributed by atoms with Gasteiger partial charge in [-0.2, -0.15) is 0 Å². The average molecular weight is 428 g/mol. The quantitative estimate of drug-likeness (QED) is 0.620. The molecule has 1 aliphatic rings. The number of carbonyl (C=O) groups is 4. The van der Waals surface area contributed by atoms with Gasteiger partial charge in [-0.3, -0.25) is 14.4 Å². The van der Waals surface area contributed by atoms with Gasteiger partial charge in [-0.15, -0.1) is 0 Å². The third kappa shape index (κ3) is 6.61. The van der Waals surface area contributed by atoms with Gasteiger partial charge in [0.25, 0.3) is 0 Å². The van der Waals surface area contributed by atoms with E-state index in [9.17, 15) is 19.2 Å². The van der Waals surface area contributed by atoms with E-state index in [1.807, 2.05) is 13.8 Å². The number of amides is 1. The lowest BCUT2D eigenvalue weighted by Gasteiger charge is -2.25. The number of allylic oxidation sites excluding steroid dienone is 2. The van der Waals surface area contributed by atoms with Gasteiger partial charge < -0.3 is 10.1 Å². The molecule has 2 rings (SSSR count). The Morgan fingerprint density at radius 2 is 1.61 bits per heavy atom. The lowest BCUT2D eigenvalue weighted by atomic mass is 9.83. The molecule has 6 nitrogen and oxygen atoms in total. The Balaban J connectivity index is 1.98. The molecule has 6 heteroatoms. The highest BCUT2D eigenvalue weighted by molar-refractivity contribution is 6.26. The van der Waals surface area contributed by atoms with Crippen LogP contribution in [-0.2, 0) is 14.3 Å². The van der Waals surface area contributed by atoms with E-state index in [1.54, 1.807) is 52.0 Å². The summed E-state index contributed by atoms with van der Waals surface area (Å²) in [7, 11) is 0. The first-order chi connectivity index (χ1) is 14.4. The Morgan fingerprint density at radius 1 is 1.03 bits per heavy atom. The van der Waals surface area contributed by atoms with Crippen molar-refractivity contribution in [2.45, 2.75) is 78.9 Å². The molecule has 0 saturated carbocycles. The SMILES string of the molecule is CC1=C(CCCC(=O)N[C@@H](CC(C)C)C(=O)OC(C)(C)C)C(=O)c2ccccc2C1=O. The van der Waals surface area contributed by atoms with Crippen LogP contribution in [0, 0.1) is 5.92 Å². The molecular weight excluding hydrogens is 394 g/mol. The molecule has 0 fully saturated rings. The maximum Gasteiger partial charge on any atom is 0.329 e. The minimum absolute atomic E-state index is 0.142. The first kappa shape index (κ1) is 24.5. The largest absolute Gasteiger partial charge is 0.458 e. The van der Waals surface area contributed by atoms with Crippen LogP contribution in [0.1, 0.15) is 87.9 Å². The Morgan fingerprint density at radius 3 is 2.16 bits per heavy atom. The van der Waals surface area contributed by atoms with E-state index in [4.69, 9.17) is 4.74 Å². The number of hydrogen-bond donors (Lipinski definition) is 1. The van der Waals surface area contributed by atoms with E-state index in [-0.39, 0.29) is 29.8 Å². The molecule has 1 N–H and O–H groups in total. The van der Waals surface area contributed by atoms with Crippen LogP contribution in [0.3, 0.4) is 0 Å². The summed E-state index contributed by atoms with van der Waals surface area (Å²) in [6.45, 7) is 11.0. The lowest BCUT2D eigenvalue weighted by molar-refractivity contribution is -0.159. The standard InChI is InChI=1S/C25H33NO5/c1-15(2)14-20(24(30)31-25(4,5)6)26-21(27)13-9-12-17-16(3)22(28)18-10-7-8-11-19(18)23(17)29/h7-8,10-11,15,20H,9,12-14H2,1-6H3,(H,26,27)/t20-/m0/s1. The number of fused-ring (bicyclic) bond motifs is 1. The molecule has 0 radical (unpaired) electrons. The van der Waals surface area contributed by atoms with Gasteiger partial charge in [-0.05, 0) is 52.9 Å². The van der Waals surface area contributed by atoms with Gasteiger partial charge in [0.15, 0.2) is 11.6 Å². The molecule has 1 aliphatic carbocycles. The number of rotatable bonds is 8. The van der Waals surface area contributed by atoms with E-state index in [1.165, 1.54) is 0 Å². The topological polar surface area (TPSA) is 89.5 Å². The fraction of sp³-hybridized carbons (Fsp3) is 0.520. The lowest BCUT2D eigenvalue weighted by Crippen LogP contribution is -2.44. The minimum atomic E-state index is -0.711. The molecule has 1 atom stereocenters. The molecule has 1 aromatic carbocycles. The van der Waals surface area contributed by atoms with Crippen LogP contribution >= 0.6 is 0 Å². The Hall–Kier alpha value is -2.76. The van der Waals surface area contributed by atoms with Crippen molar-refractivity contribution in [1.29, 1.82) is 0 Å². The first-order valence-electron chi connectivity index (χ1n) is 10.8. The summed E-state index contributed by atoms with van der Waals surface area (Å²) in [5.41, 5.74) is 1.11. The highest BCUT2D eigenvalue weighted by atomic mass is 16.6. The van der Waals surface area contributed by atoms with E-state index in [2.05, 4.69) is 5.32 Å². The zero-order valence-electron chi connectivity index (χ0n) is 19.3. The monoisotopic (exact) mass is 427 g/mol. The third-order valence-electron chi connectivity index (χ3n) is 5.05. The molecule has 31 heavy (non-hydrogen) atoms. The predicted molar refractivity (Wildman–Crippen MR) is 119 cm³/mol.